The molecule has 0 atom stereocenters. The van der Waals surface area contributed by atoms with Gasteiger partial charge in [0, 0.05) is 36.5 Å². The monoisotopic (exact) mass is 445 g/mol. The van der Waals surface area contributed by atoms with Gasteiger partial charge in [0.25, 0.3) is 5.91 Å². The van der Waals surface area contributed by atoms with Crippen LogP contribution in [0.2, 0.25) is 0 Å². The van der Waals surface area contributed by atoms with Gasteiger partial charge in [0.15, 0.2) is 17.5 Å². The molecule has 0 spiro atoms. The van der Waals surface area contributed by atoms with Gasteiger partial charge in [-0.3, -0.25) is 9.59 Å². The van der Waals surface area contributed by atoms with Crippen LogP contribution in [-0.2, 0) is 14.8 Å². The number of halogens is 4. The molecular weight excluding hydrogens is 430 g/mol. The van der Waals surface area contributed by atoms with Crippen molar-refractivity contribution in [2.24, 2.45) is 0 Å². The van der Waals surface area contributed by atoms with Crippen molar-refractivity contribution >= 4 is 27.5 Å². The number of rotatable bonds is 4. The highest BCUT2D eigenvalue weighted by Crippen LogP contribution is 2.23. The maximum atomic E-state index is 14.3. The quantitative estimate of drug-likeness (QED) is 0.556. The van der Waals surface area contributed by atoms with E-state index in [1.165, 1.54) is 0 Å². The predicted octanol–water partition coefficient (Wildman–Crippen LogP) is 2.01. The first-order chi connectivity index (χ1) is 14.1. The topological polar surface area (TPSA) is 95.6 Å². The summed E-state index contributed by atoms with van der Waals surface area (Å²) in [4.78, 5) is 23.2. The van der Waals surface area contributed by atoms with Gasteiger partial charge >= 0.3 is 0 Å². The Hall–Kier alpha value is -2.99. The second-order valence-electron chi connectivity index (χ2n) is 6.40. The molecule has 0 aromatic heterocycles. The summed E-state index contributed by atoms with van der Waals surface area (Å²) in [5.74, 6) is -7.49. The Bertz CT molecular complexity index is 1100. The van der Waals surface area contributed by atoms with Gasteiger partial charge in [-0.2, -0.15) is 4.31 Å². The summed E-state index contributed by atoms with van der Waals surface area (Å²) in [5, 5.41) is 4.57. The molecule has 1 fully saturated rings. The van der Waals surface area contributed by atoms with Gasteiger partial charge < -0.3 is 10.6 Å². The van der Waals surface area contributed by atoms with Crippen LogP contribution in [0.1, 0.15) is 16.8 Å². The number of anilines is 1. The SMILES string of the molecule is O=C1CN(S(=O)(=O)c2cc(C(=O)Nc3cc(F)c(F)c(F)c3)ccc2F)CCCN1. The average Bonchev–Trinajstić information content (AvgIpc) is 2.91. The number of amides is 2. The molecule has 30 heavy (non-hydrogen) atoms. The fraction of sp³-hybridized carbons (Fsp3) is 0.222. The smallest absolute Gasteiger partial charge is 0.255 e. The highest BCUT2D eigenvalue weighted by Gasteiger charge is 2.31. The lowest BCUT2D eigenvalue weighted by atomic mass is 10.2. The van der Waals surface area contributed by atoms with Crippen molar-refractivity contribution in [2.75, 3.05) is 25.0 Å². The first kappa shape index (κ1) is 21.7. The summed E-state index contributed by atoms with van der Waals surface area (Å²) in [5.41, 5.74) is -0.756. The fourth-order valence-corrected chi connectivity index (χ4v) is 4.32. The zero-order valence-corrected chi connectivity index (χ0v) is 16.0. The molecule has 0 radical (unpaired) electrons. The van der Waals surface area contributed by atoms with Crippen LogP contribution in [0.4, 0.5) is 23.2 Å². The van der Waals surface area contributed by atoms with Gasteiger partial charge in [0.1, 0.15) is 10.7 Å². The fourth-order valence-electron chi connectivity index (χ4n) is 2.80. The molecular formula is C18H15F4N3O4S. The van der Waals surface area contributed by atoms with E-state index in [0.717, 1.165) is 22.5 Å². The number of carbonyl (C=O) groups excluding carboxylic acids is 2. The standard InChI is InChI=1S/C18H15F4N3O4S/c19-12-3-2-10(18(27)24-11-7-13(20)17(22)14(21)8-11)6-15(12)30(28,29)25-5-1-4-23-16(26)9-25/h2-3,6-8H,1,4-5,9H2,(H,23,26)(H,24,27). The lowest BCUT2D eigenvalue weighted by Crippen LogP contribution is -2.37. The molecule has 1 heterocycles. The minimum Gasteiger partial charge on any atom is -0.355 e. The molecule has 0 bridgehead atoms. The van der Waals surface area contributed by atoms with Crippen LogP contribution in [0.5, 0.6) is 0 Å². The molecule has 0 unspecified atom stereocenters. The number of benzene rings is 2. The Morgan fingerprint density at radius 3 is 2.37 bits per heavy atom. The number of nitrogens with zero attached hydrogens (tertiary/aromatic N) is 1. The van der Waals surface area contributed by atoms with E-state index in [0.29, 0.717) is 18.6 Å². The van der Waals surface area contributed by atoms with Crippen LogP contribution in [0.15, 0.2) is 35.2 Å². The minimum atomic E-state index is -4.45. The maximum Gasteiger partial charge on any atom is 0.255 e. The van der Waals surface area contributed by atoms with Crippen molar-refractivity contribution in [3.05, 3.63) is 59.2 Å². The van der Waals surface area contributed by atoms with Gasteiger partial charge in [-0.1, -0.05) is 0 Å². The molecule has 2 amide bonds. The second kappa shape index (κ2) is 8.40. The Morgan fingerprint density at radius 1 is 1.03 bits per heavy atom. The van der Waals surface area contributed by atoms with E-state index in [-0.39, 0.29) is 18.7 Å². The van der Waals surface area contributed by atoms with Crippen LogP contribution in [-0.4, -0.2) is 44.2 Å². The van der Waals surface area contributed by atoms with E-state index < -0.39 is 62.2 Å². The number of hydrogen-bond acceptors (Lipinski definition) is 4. The summed E-state index contributed by atoms with van der Waals surface area (Å²) < 4.78 is 80.3. The Kier molecular flexibility index (Phi) is 6.08. The maximum absolute atomic E-state index is 14.3. The van der Waals surface area contributed by atoms with Crippen molar-refractivity contribution in [2.45, 2.75) is 11.3 Å². The third-order valence-corrected chi connectivity index (χ3v) is 6.14. The summed E-state index contributed by atoms with van der Waals surface area (Å²) in [7, 11) is -4.45. The van der Waals surface area contributed by atoms with E-state index in [2.05, 4.69) is 10.6 Å². The molecule has 2 aromatic rings. The van der Waals surface area contributed by atoms with Gasteiger partial charge in [0.2, 0.25) is 15.9 Å². The van der Waals surface area contributed by atoms with Crippen LogP contribution in [0.25, 0.3) is 0 Å². The molecule has 0 saturated carbocycles. The normalized spacial score (nSPS) is 15.4. The molecule has 1 aliphatic rings. The van der Waals surface area contributed by atoms with E-state index in [1.54, 1.807) is 0 Å². The Labute approximate surface area is 168 Å². The van der Waals surface area contributed by atoms with Gasteiger partial charge in [-0.05, 0) is 24.6 Å². The van der Waals surface area contributed by atoms with Crippen LogP contribution in [0.3, 0.4) is 0 Å². The van der Waals surface area contributed by atoms with Gasteiger partial charge in [-0.25, -0.2) is 26.0 Å². The third-order valence-electron chi connectivity index (χ3n) is 4.28. The van der Waals surface area contributed by atoms with Crippen molar-refractivity contribution in [3.63, 3.8) is 0 Å². The van der Waals surface area contributed by atoms with Crippen molar-refractivity contribution in [1.82, 2.24) is 9.62 Å². The highest BCUT2D eigenvalue weighted by molar-refractivity contribution is 7.89. The molecule has 0 aliphatic carbocycles. The molecule has 3 rings (SSSR count). The van der Waals surface area contributed by atoms with Crippen LogP contribution in [0, 0.1) is 23.3 Å². The number of carbonyl (C=O) groups is 2. The number of sulfonamides is 1. The molecule has 2 N–H and O–H groups in total. The van der Waals surface area contributed by atoms with Crippen molar-refractivity contribution in [1.29, 1.82) is 0 Å². The number of hydrogen-bond donors (Lipinski definition) is 2. The molecule has 160 valence electrons. The largest absolute Gasteiger partial charge is 0.355 e. The number of nitrogens with one attached hydrogen (secondary N) is 2. The zero-order valence-electron chi connectivity index (χ0n) is 15.2. The second-order valence-corrected chi connectivity index (χ2v) is 8.30. The highest BCUT2D eigenvalue weighted by atomic mass is 32.2. The van der Waals surface area contributed by atoms with Crippen LogP contribution < -0.4 is 10.6 Å². The van der Waals surface area contributed by atoms with Gasteiger partial charge in [0.05, 0.1) is 6.54 Å². The summed E-state index contributed by atoms with van der Waals surface area (Å²) in [6, 6.07) is 3.53. The molecule has 7 nitrogen and oxygen atoms in total. The van der Waals surface area contributed by atoms with E-state index >= 15 is 0 Å². The van der Waals surface area contributed by atoms with Crippen LogP contribution >= 0.6 is 0 Å². The minimum absolute atomic E-state index is 0.0366. The Morgan fingerprint density at radius 2 is 1.70 bits per heavy atom. The predicted molar refractivity (Wildman–Crippen MR) is 97.1 cm³/mol. The summed E-state index contributed by atoms with van der Waals surface area (Å²) >= 11 is 0. The lowest BCUT2D eigenvalue weighted by Gasteiger charge is -2.19. The summed E-state index contributed by atoms with van der Waals surface area (Å²) in [6.45, 7) is -0.280. The van der Waals surface area contributed by atoms with Crippen molar-refractivity contribution in [3.8, 4) is 0 Å². The Balaban J connectivity index is 1.91. The van der Waals surface area contributed by atoms with Crippen molar-refractivity contribution < 1.29 is 35.6 Å². The first-order valence-electron chi connectivity index (χ1n) is 8.62. The zero-order chi connectivity index (χ0) is 22.1. The molecule has 1 aliphatic heterocycles. The average molecular weight is 445 g/mol. The van der Waals surface area contributed by atoms with E-state index in [1.807, 2.05) is 0 Å². The first-order valence-corrected chi connectivity index (χ1v) is 10.1. The molecule has 12 heteroatoms. The third kappa shape index (κ3) is 4.44. The van der Waals surface area contributed by atoms with Gasteiger partial charge in [-0.15, -0.1) is 0 Å². The summed E-state index contributed by atoms with van der Waals surface area (Å²) in [6.07, 6.45) is 0.314. The van der Waals surface area contributed by atoms with E-state index in [4.69, 9.17) is 0 Å². The molecule has 1 saturated heterocycles. The lowest BCUT2D eigenvalue weighted by molar-refractivity contribution is -0.120. The molecule has 2 aromatic carbocycles. The van der Waals surface area contributed by atoms with E-state index in [9.17, 15) is 35.6 Å².